The van der Waals surface area contributed by atoms with Crippen molar-refractivity contribution in [3.8, 4) is 0 Å². The molecule has 3 heteroatoms. The molecule has 0 heterocycles. The molecule has 1 atom stereocenters. The molecule has 0 fully saturated rings. The zero-order valence-corrected chi connectivity index (χ0v) is 11.1. The predicted octanol–water partition coefficient (Wildman–Crippen LogP) is 3.81. The molecule has 0 aliphatic carbocycles. The molecule has 0 saturated heterocycles. The lowest BCUT2D eigenvalue weighted by atomic mass is 10.0. The van der Waals surface area contributed by atoms with Gasteiger partial charge in [0.25, 0.3) is 0 Å². The quantitative estimate of drug-likeness (QED) is 0.330. The fourth-order valence-electron chi connectivity index (χ4n) is 1.91. The summed E-state index contributed by atoms with van der Waals surface area (Å²) in [6.45, 7) is 1.97. The van der Waals surface area contributed by atoms with Crippen LogP contribution in [0.3, 0.4) is 0 Å². The first-order chi connectivity index (χ1) is 8.76. The molecule has 1 aromatic carbocycles. The zero-order valence-electron chi connectivity index (χ0n) is 11.1. The van der Waals surface area contributed by atoms with Crippen molar-refractivity contribution >= 4 is 0 Å². The van der Waals surface area contributed by atoms with E-state index >= 15 is 0 Å². The highest BCUT2D eigenvalue weighted by Crippen LogP contribution is 2.25. The van der Waals surface area contributed by atoms with Crippen LogP contribution in [0.5, 0.6) is 0 Å². The van der Waals surface area contributed by atoms with E-state index in [1.165, 1.54) is 5.56 Å². The van der Waals surface area contributed by atoms with E-state index in [1.54, 1.807) is 7.11 Å². The van der Waals surface area contributed by atoms with Gasteiger partial charge in [0, 0.05) is 20.0 Å². The maximum Gasteiger partial charge on any atom is 0.201 e. The minimum absolute atomic E-state index is 0.627. The number of ether oxygens (including phenoxy) is 1. The molecule has 0 bridgehead atoms. The van der Waals surface area contributed by atoms with Gasteiger partial charge in [-0.15, -0.1) is 0 Å². The Hall–Kier alpha value is -1.16. The molecular weight excluding hydrogens is 228 g/mol. The Kier molecular flexibility index (Phi) is 6.65. The molecule has 1 unspecified atom stereocenters. The summed E-state index contributed by atoms with van der Waals surface area (Å²) in [6.07, 6.45) is 6.91. The number of benzene rings is 1. The van der Waals surface area contributed by atoms with Crippen molar-refractivity contribution in [2.75, 3.05) is 7.11 Å². The van der Waals surface area contributed by atoms with E-state index in [4.69, 9.17) is 9.99 Å². The first-order valence-electron chi connectivity index (χ1n) is 6.29. The van der Waals surface area contributed by atoms with Crippen molar-refractivity contribution in [3.63, 3.8) is 0 Å². The summed E-state index contributed by atoms with van der Waals surface area (Å²) in [7, 11) is 1.57. The first kappa shape index (κ1) is 14.9. The summed E-state index contributed by atoms with van der Waals surface area (Å²) >= 11 is 0. The smallest absolute Gasteiger partial charge is 0.201 e. The molecule has 18 heavy (non-hydrogen) atoms. The SMILES string of the molecule is C/C=C/CCC(CCc1ccccc1)(OC)OO. The normalized spacial score (nSPS) is 14.8. The number of rotatable bonds is 8. The number of hydrogen-bond acceptors (Lipinski definition) is 3. The van der Waals surface area contributed by atoms with Crippen molar-refractivity contribution in [2.45, 2.75) is 38.4 Å². The third-order valence-corrected chi connectivity index (χ3v) is 3.10. The second-order valence-corrected chi connectivity index (χ2v) is 4.30. The van der Waals surface area contributed by atoms with Crippen LogP contribution in [0.15, 0.2) is 42.5 Å². The van der Waals surface area contributed by atoms with Gasteiger partial charge in [0.15, 0.2) is 0 Å². The Morgan fingerprint density at radius 1 is 1.22 bits per heavy atom. The minimum atomic E-state index is -0.907. The van der Waals surface area contributed by atoms with Crippen LogP contribution in [0.2, 0.25) is 0 Å². The van der Waals surface area contributed by atoms with Crippen LogP contribution < -0.4 is 0 Å². The van der Waals surface area contributed by atoms with Crippen molar-refractivity contribution in [3.05, 3.63) is 48.0 Å². The van der Waals surface area contributed by atoms with Crippen LogP contribution in [0.4, 0.5) is 0 Å². The molecular formula is C15H22O3. The van der Waals surface area contributed by atoms with E-state index in [0.717, 1.165) is 12.8 Å². The lowest BCUT2D eigenvalue weighted by molar-refractivity contribution is -0.402. The standard InChI is InChI=1S/C15H22O3/c1-3-4-8-12-15(17-2,18-16)13-11-14-9-6-5-7-10-14/h3-7,9-10,16H,8,11-13H2,1-2H3/b4-3+. The van der Waals surface area contributed by atoms with Gasteiger partial charge in [0.1, 0.15) is 0 Å². The Morgan fingerprint density at radius 2 is 1.94 bits per heavy atom. The summed E-state index contributed by atoms with van der Waals surface area (Å²) in [5.74, 6) is -0.907. The molecule has 0 aliphatic rings. The molecule has 0 radical (unpaired) electrons. The van der Waals surface area contributed by atoms with Crippen LogP contribution in [0, 0.1) is 0 Å². The van der Waals surface area contributed by atoms with E-state index in [1.807, 2.05) is 37.3 Å². The van der Waals surface area contributed by atoms with Gasteiger partial charge in [-0.2, -0.15) is 0 Å². The molecule has 0 aromatic heterocycles. The molecule has 3 nitrogen and oxygen atoms in total. The van der Waals surface area contributed by atoms with Crippen LogP contribution in [0.25, 0.3) is 0 Å². The third kappa shape index (κ3) is 4.61. The number of hydrogen-bond donors (Lipinski definition) is 1. The first-order valence-corrected chi connectivity index (χ1v) is 6.29. The summed E-state index contributed by atoms with van der Waals surface area (Å²) < 4.78 is 5.35. The van der Waals surface area contributed by atoms with Gasteiger partial charge < -0.3 is 4.74 Å². The Balaban J connectivity index is 2.56. The van der Waals surface area contributed by atoms with Crippen LogP contribution in [-0.2, 0) is 16.0 Å². The molecule has 1 aromatic rings. The highest BCUT2D eigenvalue weighted by molar-refractivity contribution is 5.14. The van der Waals surface area contributed by atoms with Crippen LogP contribution in [0.1, 0.15) is 31.7 Å². The van der Waals surface area contributed by atoms with Gasteiger partial charge in [0.2, 0.25) is 5.79 Å². The lowest BCUT2D eigenvalue weighted by Crippen LogP contribution is -2.34. The monoisotopic (exact) mass is 250 g/mol. The summed E-state index contributed by atoms with van der Waals surface area (Å²) in [4.78, 5) is 4.60. The molecule has 1 N–H and O–H groups in total. The number of allylic oxidation sites excluding steroid dienone is 2. The minimum Gasteiger partial charge on any atom is -0.351 e. The van der Waals surface area contributed by atoms with Crippen LogP contribution in [-0.4, -0.2) is 18.2 Å². The maximum absolute atomic E-state index is 9.10. The summed E-state index contributed by atoms with van der Waals surface area (Å²) in [6, 6.07) is 10.1. The van der Waals surface area contributed by atoms with Crippen molar-refractivity contribution < 1.29 is 14.9 Å². The second-order valence-electron chi connectivity index (χ2n) is 4.30. The molecule has 1 rings (SSSR count). The predicted molar refractivity (Wildman–Crippen MR) is 72.3 cm³/mol. The van der Waals surface area contributed by atoms with E-state index in [9.17, 15) is 0 Å². The fourth-order valence-corrected chi connectivity index (χ4v) is 1.91. The topological polar surface area (TPSA) is 38.7 Å². The van der Waals surface area contributed by atoms with Crippen LogP contribution >= 0.6 is 0 Å². The lowest BCUT2D eigenvalue weighted by Gasteiger charge is -2.28. The van der Waals surface area contributed by atoms with Gasteiger partial charge in [0.05, 0.1) is 0 Å². The largest absolute Gasteiger partial charge is 0.351 e. The van der Waals surface area contributed by atoms with E-state index < -0.39 is 5.79 Å². The van der Waals surface area contributed by atoms with Crippen molar-refractivity contribution in [2.24, 2.45) is 0 Å². The fraction of sp³-hybridized carbons (Fsp3) is 0.467. The molecule has 0 aliphatic heterocycles. The van der Waals surface area contributed by atoms with Gasteiger partial charge in [-0.1, -0.05) is 42.5 Å². The maximum atomic E-state index is 9.10. The van der Waals surface area contributed by atoms with Gasteiger partial charge in [-0.3, -0.25) is 0 Å². The molecule has 0 amide bonds. The second kappa shape index (κ2) is 8.03. The van der Waals surface area contributed by atoms with Gasteiger partial charge >= 0.3 is 0 Å². The van der Waals surface area contributed by atoms with Crippen molar-refractivity contribution in [1.82, 2.24) is 0 Å². The Bertz CT molecular complexity index is 342. The average Bonchev–Trinajstić information content (AvgIpc) is 2.44. The van der Waals surface area contributed by atoms with E-state index in [2.05, 4.69) is 17.0 Å². The number of methoxy groups -OCH3 is 1. The Morgan fingerprint density at radius 3 is 2.50 bits per heavy atom. The van der Waals surface area contributed by atoms with E-state index in [0.29, 0.717) is 12.8 Å². The number of aryl methyl sites for hydroxylation is 1. The third-order valence-electron chi connectivity index (χ3n) is 3.10. The summed E-state index contributed by atoms with van der Waals surface area (Å²) in [5.41, 5.74) is 1.21. The van der Waals surface area contributed by atoms with Crippen molar-refractivity contribution in [1.29, 1.82) is 0 Å². The van der Waals surface area contributed by atoms with Gasteiger partial charge in [-0.05, 0) is 25.3 Å². The molecule has 100 valence electrons. The molecule has 0 spiro atoms. The average molecular weight is 250 g/mol. The Labute approximate surface area is 109 Å². The van der Waals surface area contributed by atoms with E-state index in [-0.39, 0.29) is 0 Å². The van der Waals surface area contributed by atoms with Gasteiger partial charge in [-0.25, -0.2) is 10.1 Å². The molecule has 0 saturated carbocycles. The zero-order chi connectivity index (χ0) is 13.3. The highest BCUT2D eigenvalue weighted by atomic mass is 17.1. The highest BCUT2D eigenvalue weighted by Gasteiger charge is 2.30. The summed E-state index contributed by atoms with van der Waals surface area (Å²) in [5, 5.41) is 9.10.